The molecule has 7 nitrogen and oxygen atoms in total. The third-order valence-electron chi connectivity index (χ3n) is 7.96. The number of hydrogen-bond acceptors (Lipinski definition) is 6. The third kappa shape index (κ3) is 6.12. The number of anilines is 1. The van der Waals surface area contributed by atoms with E-state index in [1.165, 1.54) is 11.1 Å². The van der Waals surface area contributed by atoms with Crippen molar-refractivity contribution in [1.82, 2.24) is 9.55 Å². The molecule has 0 bridgehead atoms. The van der Waals surface area contributed by atoms with E-state index in [0.717, 1.165) is 48.3 Å². The molecule has 7 heteroatoms. The zero-order valence-electron chi connectivity index (χ0n) is 24.2. The van der Waals surface area contributed by atoms with Gasteiger partial charge in [-0.3, -0.25) is 0 Å². The maximum atomic E-state index is 6.34. The normalized spacial score (nSPS) is 14.0. The molecule has 216 valence electrons. The molecule has 0 unspecified atom stereocenters. The first-order chi connectivity index (χ1) is 20.7. The molecular formula is C35H37N3O4. The topological polar surface area (TPSA) is 58.0 Å². The Morgan fingerprint density at radius 3 is 2.05 bits per heavy atom. The fraction of sp³-hybridized carbons (Fsp3) is 0.286. The highest BCUT2D eigenvalue weighted by Crippen LogP contribution is 2.35. The molecule has 0 saturated carbocycles. The van der Waals surface area contributed by atoms with Crippen LogP contribution in [0.15, 0.2) is 103 Å². The molecule has 6 rings (SSSR count). The number of aromatic nitrogens is 2. The maximum Gasteiger partial charge on any atom is 0.241 e. The van der Waals surface area contributed by atoms with Gasteiger partial charge in [-0.2, -0.15) is 4.98 Å². The fourth-order valence-corrected chi connectivity index (χ4v) is 5.77. The second-order valence-corrected chi connectivity index (χ2v) is 10.6. The predicted molar refractivity (Wildman–Crippen MR) is 165 cm³/mol. The van der Waals surface area contributed by atoms with Crippen LogP contribution >= 0.6 is 0 Å². The molecule has 0 amide bonds. The molecule has 2 aromatic heterocycles. The summed E-state index contributed by atoms with van der Waals surface area (Å²) in [6.45, 7) is 2.76. The second-order valence-electron chi connectivity index (χ2n) is 10.6. The van der Waals surface area contributed by atoms with E-state index in [1.807, 2.05) is 60.7 Å². The molecule has 0 atom stereocenters. The van der Waals surface area contributed by atoms with Crippen molar-refractivity contribution >= 4 is 16.6 Å². The Balaban J connectivity index is 1.28. The summed E-state index contributed by atoms with van der Waals surface area (Å²) in [5.41, 5.74) is 5.37. The Morgan fingerprint density at radius 1 is 0.714 bits per heavy atom. The number of benzene rings is 3. The highest BCUT2D eigenvalue weighted by molar-refractivity contribution is 5.94. The Morgan fingerprint density at radius 2 is 1.38 bits per heavy atom. The zero-order valence-corrected chi connectivity index (χ0v) is 24.2. The monoisotopic (exact) mass is 563 g/mol. The van der Waals surface area contributed by atoms with Crippen molar-refractivity contribution in [2.45, 2.75) is 32.3 Å². The van der Waals surface area contributed by atoms with Crippen LogP contribution in [0.3, 0.4) is 0 Å². The fourth-order valence-electron chi connectivity index (χ4n) is 5.77. The summed E-state index contributed by atoms with van der Waals surface area (Å²) < 4.78 is 25.6. The summed E-state index contributed by atoms with van der Waals surface area (Å²) in [4.78, 5) is 7.29. The van der Waals surface area contributed by atoms with Crippen LogP contribution in [0.4, 0.5) is 5.69 Å². The van der Waals surface area contributed by atoms with Crippen LogP contribution in [-0.4, -0.2) is 43.2 Å². The molecule has 0 radical (unpaired) electrons. The minimum Gasteiger partial charge on any atom is -0.473 e. The van der Waals surface area contributed by atoms with Crippen LogP contribution in [0.5, 0.6) is 11.8 Å². The van der Waals surface area contributed by atoms with Gasteiger partial charge in [0.15, 0.2) is 6.29 Å². The van der Waals surface area contributed by atoms with Gasteiger partial charge in [-0.05, 0) is 48.2 Å². The van der Waals surface area contributed by atoms with Gasteiger partial charge in [0.25, 0.3) is 0 Å². The van der Waals surface area contributed by atoms with E-state index in [1.54, 1.807) is 14.2 Å². The molecule has 1 aliphatic rings. The van der Waals surface area contributed by atoms with Gasteiger partial charge in [-0.1, -0.05) is 66.7 Å². The summed E-state index contributed by atoms with van der Waals surface area (Å²) in [6.07, 6.45) is 4.00. The minimum absolute atomic E-state index is 0.148. The largest absolute Gasteiger partial charge is 0.473 e. The number of piperidine rings is 1. The minimum atomic E-state index is -0.148. The molecule has 42 heavy (non-hydrogen) atoms. The predicted octanol–water partition coefficient (Wildman–Crippen LogP) is 7.02. The first kappa shape index (κ1) is 27.8. The van der Waals surface area contributed by atoms with E-state index in [0.29, 0.717) is 30.9 Å². The molecule has 3 heterocycles. The number of nitrogens with zero attached hydrogens (tertiary/aromatic N) is 3. The molecular weight excluding hydrogens is 526 g/mol. The average molecular weight is 564 g/mol. The number of fused-ring (bicyclic) bond motifs is 1. The second kappa shape index (κ2) is 13.1. The van der Waals surface area contributed by atoms with Gasteiger partial charge in [-0.25, -0.2) is 0 Å². The van der Waals surface area contributed by atoms with Crippen molar-refractivity contribution in [3.63, 3.8) is 0 Å². The summed E-state index contributed by atoms with van der Waals surface area (Å²) >= 11 is 0. The van der Waals surface area contributed by atoms with Gasteiger partial charge in [0.05, 0.1) is 5.52 Å². The van der Waals surface area contributed by atoms with Crippen molar-refractivity contribution in [1.29, 1.82) is 0 Å². The quantitative estimate of drug-likeness (QED) is 0.161. The summed E-state index contributed by atoms with van der Waals surface area (Å²) in [7, 11) is 3.44. The molecule has 1 saturated heterocycles. The zero-order chi connectivity index (χ0) is 28.7. The number of pyridine rings is 1. The highest BCUT2D eigenvalue weighted by atomic mass is 16.7. The highest BCUT2D eigenvalue weighted by Gasteiger charge is 2.27. The Hall–Kier alpha value is -4.33. The first-order valence-electron chi connectivity index (χ1n) is 14.5. The standard InChI is InChI=1S/C35H37N3O4/c1-39-35(40-2)28-18-21-37(22-19-28)30-14-9-15-31-29(30)20-23-38(31)32-16-17-33(41-24-26-10-5-3-6-11-26)36-34(32)42-25-27-12-7-4-8-13-27/h3-17,20,23,28,35H,18-19,21-22,24-25H2,1-2H3. The van der Waals surface area contributed by atoms with E-state index in [-0.39, 0.29) is 6.29 Å². The van der Waals surface area contributed by atoms with E-state index in [4.69, 9.17) is 23.9 Å². The molecule has 1 aliphatic heterocycles. The SMILES string of the molecule is COC(OC)C1CCN(c2cccc3c2ccn3-c2ccc(OCc3ccccc3)nc2OCc2ccccc2)CC1. The third-order valence-corrected chi connectivity index (χ3v) is 7.96. The number of hydrogen-bond donors (Lipinski definition) is 0. The molecule has 3 aromatic carbocycles. The molecule has 5 aromatic rings. The van der Waals surface area contributed by atoms with Crippen molar-refractivity contribution in [2.24, 2.45) is 5.92 Å². The smallest absolute Gasteiger partial charge is 0.241 e. The number of ether oxygens (including phenoxy) is 4. The van der Waals surface area contributed by atoms with Gasteiger partial charge in [0, 0.05) is 56.6 Å². The Kier molecular flexibility index (Phi) is 8.68. The van der Waals surface area contributed by atoms with E-state index in [2.05, 4.69) is 52.1 Å². The maximum absolute atomic E-state index is 6.34. The van der Waals surface area contributed by atoms with Crippen LogP contribution in [0.1, 0.15) is 24.0 Å². The van der Waals surface area contributed by atoms with Crippen LogP contribution in [-0.2, 0) is 22.7 Å². The Labute approximate surface area is 247 Å². The van der Waals surface area contributed by atoms with Gasteiger partial charge >= 0.3 is 0 Å². The van der Waals surface area contributed by atoms with Gasteiger partial charge in [0.2, 0.25) is 11.8 Å². The number of rotatable bonds is 11. The molecule has 0 spiro atoms. The average Bonchev–Trinajstić information content (AvgIpc) is 3.49. The van der Waals surface area contributed by atoms with Crippen LogP contribution in [0, 0.1) is 5.92 Å². The number of methoxy groups -OCH3 is 2. The van der Waals surface area contributed by atoms with Crippen molar-refractivity contribution in [3.8, 4) is 17.4 Å². The van der Waals surface area contributed by atoms with E-state index in [9.17, 15) is 0 Å². The summed E-state index contributed by atoms with van der Waals surface area (Å²) in [5, 5.41) is 1.20. The Bertz CT molecular complexity index is 1580. The molecule has 0 aliphatic carbocycles. The van der Waals surface area contributed by atoms with Crippen LogP contribution in [0.25, 0.3) is 16.6 Å². The lowest BCUT2D eigenvalue weighted by Crippen LogP contribution is -2.39. The van der Waals surface area contributed by atoms with Crippen LogP contribution < -0.4 is 14.4 Å². The van der Waals surface area contributed by atoms with E-state index >= 15 is 0 Å². The molecule has 1 fully saturated rings. The van der Waals surface area contributed by atoms with Crippen molar-refractivity contribution in [2.75, 3.05) is 32.2 Å². The summed E-state index contributed by atoms with van der Waals surface area (Å²) in [5.74, 6) is 1.45. The molecule has 0 N–H and O–H groups in total. The van der Waals surface area contributed by atoms with Gasteiger partial charge in [-0.15, -0.1) is 0 Å². The van der Waals surface area contributed by atoms with Crippen molar-refractivity contribution < 1.29 is 18.9 Å². The summed E-state index contributed by atoms with van der Waals surface area (Å²) in [6, 6.07) is 32.9. The lowest BCUT2D eigenvalue weighted by atomic mass is 9.95. The van der Waals surface area contributed by atoms with Crippen LogP contribution in [0.2, 0.25) is 0 Å². The van der Waals surface area contributed by atoms with E-state index < -0.39 is 0 Å². The van der Waals surface area contributed by atoms with Gasteiger partial charge in [0.1, 0.15) is 18.9 Å². The lowest BCUT2D eigenvalue weighted by molar-refractivity contribution is -0.141. The first-order valence-corrected chi connectivity index (χ1v) is 14.5. The van der Waals surface area contributed by atoms with Gasteiger partial charge < -0.3 is 28.4 Å². The van der Waals surface area contributed by atoms with Crippen molar-refractivity contribution in [3.05, 3.63) is 114 Å². The lowest BCUT2D eigenvalue weighted by Gasteiger charge is -2.36.